The Labute approximate surface area is 168 Å². The number of rotatable bonds is 4. The molecule has 0 radical (unpaired) electrons. The lowest BCUT2D eigenvalue weighted by Crippen LogP contribution is -2.56. The second-order valence-corrected chi connectivity index (χ2v) is 7.40. The Morgan fingerprint density at radius 1 is 1.24 bits per heavy atom. The molecule has 1 aliphatic heterocycles. The number of nitrogens with zero attached hydrogens (tertiary/aromatic N) is 2. The minimum atomic E-state index is -1.68. The highest BCUT2D eigenvalue weighted by Crippen LogP contribution is 2.34. The fourth-order valence-corrected chi connectivity index (χ4v) is 3.21. The number of fused-ring (bicyclic) bond motifs is 1. The van der Waals surface area contributed by atoms with E-state index in [1.165, 1.54) is 12.5 Å². The zero-order valence-electron chi connectivity index (χ0n) is 16.5. The largest absolute Gasteiger partial charge is 0.466 e. The van der Waals surface area contributed by atoms with Gasteiger partial charge in [0.1, 0.15) is 5.75 Å². The van der Waals surface area contributed by atoms with E-state index in [0.29, 0.717) is 23.7 Å². The number of aryl methyl sites for hydroxylation is 2. The van der Waals surface area contributed by atoms with Crippen LogP contribution in [0.4, 0.5) is 11.4 Å². The smallest absolute Gasteiger partial charge is 0.278 e. The molecule has 2 amide bonds. The zero-order valence-corrected chi connectivity index (χ0v) is 16.5. The molecule has 1 aromatic heterocycles. The summed E-state index contributed by atoms with van der Waals surface area (Å²) in [7, 11) is 0. The fraction of sp³-hybridized carbons (Fsp3) is 0.227. The van der Waals surface area contributed by atoms with Gasteiger partial charge in [-0.3, -0.25) is 14.3 Å². The molecule has 2 aromatic carbocycles. The first-order valence-electron chi connectivity index (χ1n) is 9.35. The molecule has 0 saturated carbocycles. The van der Waals surface area contributed by atoms with Crippen LogP contribution in [0.1, 0.15) is 23.6 Å². The minimum absolute atomic E-state index is 0.461. The summed E-state index contributed by atoms with van der Waals surface area (Å²) in [6, 6.07) is 13.5. The molecule has 0 bridgehead atoms. The molecule has 7 heteroatoms. The molecule has 0 saturated heterocycles. The van der Waals surface area contributed by atoms with Crippen molar-refractivity contribution in [1.82, 2.24) is 9.78 Å². The summed E-state index contributed by atoms with van der Waals surface area (Å²) < 4.78 is 7.52. The van der Waals surface area contributed by atoms with Gasteiger partial charge >= 0.3 is 0 Å². The summed E-state index contributed by atoms with van der Waals surface area (Å²) >= 11 is 0. The lowest BCUT2D eigenvalue weighted by atomic mass is 10.0. The standard InChI is InChI=1S/C22H22N4O3/c1-14-8-9-19-18(10-14)25-21(28)22(3,29-19)20(27)24-17-11-23-26(13-17)12-16-7-5-4-6-15(16)2/h4-11,13H,12H2,1-3H3,(H,24,27)(H,25,28). The van der Waals surface area contributed by atoms with E-state index in [1.807, 2.05) is 44.2 Å². The van der Waals surface area contributed by atoms with Crippen molar-refractivity contribution in [3.63, 3.8) is 0 Å². The predicted molar refractivity (Wildman–Crippen MR) is 110 cm³/mol. The molecule has 1 atom stereocenters. The van der Waals surface area contributed by atoms with Gasteiger partial charge in [0.15, 0.2) is 0 Å². The molecule has 148 valence electrons. The minimum Gasteiger partial charge on any atom is -0.466 e. The fourth-order valence-electron chi connectivity index (χ4n) is 3.21. The third-order valence-corrected chi connectivity index (χ3v) is 5.05. The van der Waals surface area contributed by atoms with E-state index >= 15 is 0 Å². The average molecular weight is 390 g/mol. The summed E-state index contributed by atoms with van der Waals surface area (Å²) in [5.41, 5.74) is 2.68. The van der Waals surface area contributed by atoms with Crippen molar-refractivity contribution in [2.75, 3.05) is 10.6 Å². The first-order chi connectivity index (χ1) is 13.8. The van der Waals surface area contributed by atoms with Crippen molar-refractivity contribution < 1.29 is 14.3 Å². The van der Waals surface area contributed by atoms with Crippen LogP contribution in [0, 0.1) is 13.8 Å². The van der Waals surface area contributed by atoms with Crippen molar-refractivity contribution in [3.05, 3.63) is 71.5 Å². The second-order valence-electron chi connectivity index (χ2n) is 7.40. The number of anilines is 2. The topological polar surface area (TPSA) is 85.3 Å². The summed E-state index contributed by atoms with van der Waals surface area (Å²) in [5.74, 6) is -0.611. The number of aromatic nitrogens is 2. The van der Waals surface area contributed by atoms with Crippen molar-refractivity contribution in [2.24, 2.45) is 0 Å². The van der Waals surface area contributed by atoms with Gasteiger partial charge in [-0.1, -0.05) is 30.3 Å². The predicted octanol–water partition coefficient (Wildman–Crippen LogP) is 3.28. The molecule has 2 heterocycles. The third-order valence-electron chi connectivity index (χ3n) is 5.05. The van der Waals surface area contributed by atoms with Crippen LogP contribution in [-0.4, -0.2) is 27.2 Å². The monoisotopic (exact) mass is 390 g/mol. The van der Waals surface area contributed by atoms with E-state index in [9.17, 15) is 9.59 Å². The van der Waals surface area contributed by atoms with E-state index in [-0.39, 0.29) is 0 Å². The molecular formula is C22H22N4O3. The Balaban J connectivity index is 1.49. The van der Waals surface area contributed by atoms with E-state index in [4.69, 9.17) is 4.74 Å². The Morgan fingerprint density at radius 2 is 2.03 bits per heavy atom. The Kier molecular flexibility index (Phi) is 4.58. The highest BCUT2D eigenvalue weighted by atomic mass is 16.5. The Hall–Kier alpha value is -3.61. The van der Waals surface area contributed by atoms with Gasteiger partial charge in [0.05, 0.1) is 24.1 Å². The average Bonchev–Trinajstić information content (AvgIpc) is 3.12. The number of carbonyl (C=O) groups excluding carboxylic acids is 2. The summed E-state index contributed by atoms with van der Waals surface area (Å²) in [6.07, 6.45) is 3.28. The quantitative estimate of drug-likeness (QED) is 0.670. The van der Waals surface area contributed by atoms with Crippen molar-refractivity contribution in [3.8, 4) is 5.75 Å². The SMILES string of the molecule is Cc1ccc2c(c1)NC(=O)C(C)(C(=O)Nc1cnn(Cc3ccccc3C)c1)O2. The van der Waals surface area contributed by atoms with Crippen LogP contribution in [0.5, 0.6) is 5.75 Å². The van der Waals surface area contributed by atoms with Crippen molar-refractivity contribution in [2.45, 2.75) is 32.9 Å². The number of hydrogen-bond acceptors (Lipinski definition) is 4. The first kappa shape index (κ1) is 18.7. The van der Waals surface area contributed by atoms with Crippen LogP contribution in [-0.2, 0) is 16.1 Å². The Morgan fingerprint density at radius 3 is 2.83 bits per heavy atom. The second kappa shape index (κ2) is 7.09. The van der Waals surface area contributed by atoms with Gasteiger partial charge in [0.25, 0.3) is 17.4 Å². The van der Waals surface area contributed by atoms with E-state index in [0.717, 1.165) is 11.1 Å². The first-order valence-corrected chi connectivity index (χ1v) is 9.35. The number of amides is 2. The van der Waals surface area contributed by atoms with Crippen LogP contribution >= 0.6 is 0 Å². The number of carbonyl (C=O) groups is 2. The van der Waals surface area contributed by atoms with E-state index in [1.54, 1.807) is 29.2 Å². The number of ether oxygens (including phenoxy) is 1. The van der Waals surface area contributed by atoms with Crippen LogP contribution in [0.15, 0.2) is 54.9 Å². The lowest BCUT2D eigenvalue weighted by molar-refractivity contribution is -0.143. The van der Waals surface area contributed by atoms with Gasteiger partial charge in [0.2, 0.25) is 0 Å². The molecule has 0 spiro atoms. The summed E-state index contributed by atoms with van der Waals surface area (Å²) in [6.45, 7) is 6.00. The molecule has 2 N–H and O–H groups in total. The van der Waals surface area contributed by atoms with Crippen LogP contribution in [0.3, 0.4) is 0 Å². The zero-order chi connectivity index (χ0) is 20.6. The molecule has 3 aromatic rings. The molecule has 4 rings (SSSR count). The maximum atomic E-state index is 12.9. The van der Waals surface area contributed by atoms with Gasteiger partial charge < -0.3 is 15.4 Å². The third kappa shape index (κ3) is 3.59. The summed E-state index contributed by atoms with van der Waals surface area (Å²) in [4.78, 5) is 25.5. The maximum absolute atomic E-state index is 12.9. The number of nitrogens with one attached hydrogen (secondary N) is 2. The number of hydrogen-bond donors (Lipinski definition) is 2. The Bertz CT molecular complexity index is 1100. The molecular weight excluding hydrogens is 368 g/mol. The molecule has 0 fully saturated rings. The summed E-state index contributed by atoms with van der Waals surface area (Å²) in [5, 5.41) is 9.79. The maximum Gasteiger partial charge on any atom is 0.278 e. The van der Waals surface area contributed by atoms with E-state index in [2.05, 4.69) is 15.7 Å². The highest BCUT2D eigenvalue weighted by molar-refractivity contribution is 6.18. The van der Waals surface area contributed by atoms with Gasteiger partial charge in [-0.15, -0.1) is 0 Å². The van der Waals surface area contributed by atoms with E-state index < -0.39 is 17.4 Å². The molecule has 0 aliphatic carbocycles. The molecule has 1 unspecified atom stereocenters. The van der Waals surface area contributed by atoms with Gasteiger partial charge in [0, 0.05) is 6.20 Å². The van der Waals surface area contributed by atoms with Crippen LogP contribution in [0.25, 0.3) is 0 Å². The normalized spacial score (nSPS) is 17.8. The van der Waals surface area contributed by atoms with Gasteiger partial charge in [-0.25, -0.2) is 0 Å². The van der Waals surface area contributed by atoms with Crippen LogP contribution < -0.4 is 15.4 Å². The van der Waals surface area contributed by atoms with Gasteiger partial charge in [-0.05, 0) is 49.6 Å². The van der Waals surface area contributed by atoms with Crippen LogP contribution in [0.2, 0.25) is 0 Å². The number of benzene rings is 2. The van der Waals surface area contributed by atoms with Crippen molar-refractivity contribution >= 4 is 23.2 Å². The molecule has 1 aliphatic rings. The molecule has 29 heavy (non-hydrogen) atoms. The highest BCUT2D eigenvalue weighted by Gasteiger charge is 2.47. The lowest BCUT2D eigenvalue weighted by Gasteiger charge is -2.33. The van der Waals surface area contributed by atoms with Gasteiger partial charge in [-0.2, -0.15) is 5.10 Å². The molecule has 7 nitrogen and oxygen atoms in total. The van der Waals surface area contributed by atoms with Crippen molar-refractivity contribution in [1.29, 1.82) is 0 Å².